The minimum absolute atomic E-state index is 0.109. The minimum Gasteiger partial charge on any atom is -0.378 e. The third-order valence-electron chi connectivity index (χ3n) is 5.15. The van der Waals surface area contributed by atoms with Crippen molar-refractivity contribution < 1.29 is 4.74 Å². The van der Waals surface area contributed by atoms with Crippen LogP contribution in [-0.2, 0) is 4.74 Å². The Morgan fingerprint density at radius 3 is 2.60 bits per heavy atom. The summed E-state index contributed by atoms with van der Waals surface area (Å²) in [5, 5.41) is 0. The average Bonchev–Trinajstić information content (AvgIpc) is 2.62. The van der Waals surface area contributed by atoms with Crippen LogP contribution < -0.4 is 5.73 Å². The molecule has 0 aliphatic carbocycles. The Kier molecular flexibility index (Phi) is 5.46. The standard InChI is InChI=1S/C16H33N3O/c1-4-8-18-9-5-6-16(13-17,7-10-18)19-11-12-20-14-15(19,2)3/h4-14,17H2,1-3H3. The van der Waals surface area contributed by atoms with Gasteiger partial charge in [0.25, 0.3) is 0 Å². The summed E-state index contributed by atoms with van der Waals surface area (Å²) in [4.78, 5) is 5.28. The maximum atomic E-state index is 6.28. The van der Waals surface area contributed by atoms with Crippen LogP contribution in [0.25, 0.3) is 0 Å². The number of rotatable bonds is 4. The van der Waals surface area contributed by atoms with Gasteiger partial charge in [-0.2, -0.15) is 0 Å². The largest absolute Gasteiger partial charge is 0.378 e. The molecule has 0 amide bonds. The van der Waals surface area contributed by atoms with Crippen molar-refractivity contribution in [3.8, 4) is 0 Å². The highest BCUT2D eigenvalue weighted by Crippen LogP contribution is 2.35. The summed E-state index contributed by atoms with van der Waals surface area (Å²) in [7, 11) is 0. The lowest BCUT2D eigenvalue weighted by Crippen LogP contribution is -2.66. The van der Waals surface area contributed by atoms with Crippen LogP contribution in [0.4, 0.5) is 0 Å². The second-order valence-electron chi connectivity index (χ2n) is 7.14. The first kappa shape index (κ1) is 16.2. The van der Waals surface area contributed by atoms with E-state index < -0.39 is 0 Å². The molecule has 0 aromatic carbocycles. The van der Waals surface area contributed by atoms with Crippen molar-refractivity contribution in [1.82, 2.24) is 9.80 Å². The molecule has 0 radical (unpaired) electrons. The highest BCUT2D eigenvalue weighted by molar-refractivity contribution is 5.01. The summed E-state index contributed by atoms with van der Waals surface area (Å²) in [5.41, 5.74) is 6.56. The van der Waals surface area contributed by atoms with E-state index >= 15 is 0 Å². The lowest BCUT2D eigenvalue weighted by atomic mass is 9.83. The van der Waals surface area contributed by atoms with Gasteiger partial charge in [-0.15, -0.1) is 0 Å². The molecule has 1 atom stereocenters. The third-order valence-corrected chi connectivity index (χ3v) is 5.15. The van der Waals surface area contributed by atoms with E-state index in [4.69, 9.17) is 10.5 Å². The lowest BCUT2D eigenvalue weighted by Gasteiger charge is -2.53. The normalized spacial score (nSPS) is 33.0. The molecule has 118 valence electrons. The zero-order valence-corrected chi connectivity index (χ0v) is 13.7. The van der Waals surface area contributed by atoms with Crippen LogP contribution in [0.1, 0.15) is 46.5 Å². The molecule has 2 rings (SSSR count). The summed E-state index contributed by atoms with van der Waals surface area (Å²) >= 11 is 0. The Bertz CT molecular complexity index is 308. The minimum atomic E-state index is 0.109. The Labute approximate surface area is 124 Å². The van der Waals surface area contributed by atoms with Crippen molar-refractivity contribution in [1.29, 1.82) is 0 Å². The molecule has 0 saturated carbocycles. The van der Waals surface area contributed by atoms with E-state index in [0.717, 1.165) is 26.3 Å². The van der Waals surface area contributed by atoms with Crippen molar-refractivity contribution in [2.24, 2.45) is 5.73 Å². The van der Waals surface area contributed by atoms with Crippen LogP contribution in [0, 0.1) is 0 Å². The first-order valence-corrected chi connectivity index (χ1v) is 8.32. The molecule has 2 N–H and O–H groups in total. The van der Waals surface area contributed by atoms with Crippen LogP contribution in [0.5, 0.6) is 0 Å². The number of likely N-dealkylation sites (tertiary alicyclic amines) is 1. The summed E-state index contributed by atoms with van der Waals surface area (Å²) in [6.07, 6.45) is 4.95. The van der Waals surface area contributed by atoms with Gasteiger partial charge in [-0.1, -0.05) is 6.92 Å². The number of hydrogen-bond acceptors (Lipinski definition) is 4. The van der Waals surface area contributed by atoms with E-state index in [1.807, 2.05) is 0 Å². The highest BCUT2D eigenvalue weighted by Gasteiger charge is 2.45. The molecule has 2 aliphatic rings. The lowest BCUT2D eigenvalue weighted by molar-refractivity contribution is -0.107. The maximum absolute atomic E-state index is 6.28. The van der Waals surface area contributed by atoms with Gasteiger partial charge in [0, 0.05) is 24.2 Å². The molecular weight excluding hydrogens is 250 g/mol. The highest BCUT2D eigenvalue weighted by atomic mass is 16.5. The second kappa shape index (κ2) is 6.73. The molecule has 2 aliphatic heterocycles. The average molecular weight is 283 g/mol. The molecule has 20 heavy (non-hydrogen) atoms. The van der Waals surface area contributed by atoms with Gasteiger partial charge < -0.3 is 15.4 Å². The van der Waals surface area contributed by atoms with E-state index in [9.17, 15) is 0 Å². The first-order chi connectivity index (χ1) is 9.54. The van der Waals surface area contributed by atoms with Gasteiger partial charge >= 0.3 is 0 Å². The number of nitrogens with two attached hydrogens (primary N) is 1. The van der Waals surface area contributed by atoms with Crippen LogP contribution >= 0.6 is 0 Å². The van der Waals surface area contributed by atoms with E-state index in [1.165, 1.54) is 45.3 Å². The number of morpholine rings is 1. The van der Waals surface area contributed by atoms with Gasteiger partial charge in [0.15, 0.2) is 0 Å². The Hall–Kier alpha value is -0.160. The molecule has 1 unspecified atom stereocenters. The smallest absolute Gasteiger partial charge is 0.0645 e. The molecule has 2 heterocycles. The van der Waals surface area contributed by atoms with Gasteiger partial charge in [-0.25, -0.2) is 0 Å². The fraction of sp³-hybridized carbons (Fsp3) is 1.00. The predicted octanol–water partition coefficient (Wildman–Crippen LogP) is 1.69. The fourth-order valence-electron chi connectivity index (χ4n) is 4.10. The van der Waals surface area contributed by atoms with Crippen LogP contribution in [0.15, 0.2) is 0 Å². The van der Waals surface area contributed by atoms with Crippen molar-refractivity contribution in [3.63, 3.8) is 0 Å². The van der Waals surface area contributed by atoms with Crippen molar-refractivity contribution in [2.45, 2.75) is 57.5 Å². The molecule has 4 nitrogen and oxygen atoms in total. The van der Waals surface area contributed by atoms with Gasteiger partial charge in [0.05, 0.1) is 13.2 Å². The van der Waals surface area contributed by atoms with Crippen LogP contribution in [0.2, 0.25) is 0 Å². The summed E-state index contributed by atoms with van der Waals surface area (Å²) in [5.74, 6) is 0. The molecule has 0 bridgehead atoms. The Balaban J connectivity index is 2.12. The van der Waals surface area contributed by atoms with E-state index in [0.29, 0.717) is 0 Å². The van der Waals surface area contributed by atoms with Crippen molar-refractivity contribution in [3.05, 3.63) is 0 Å². The van der Waals surface area contributed by atoms with E-state index in [1.54, 1.807) is 0 Å². The maximum Gasteiger partial charge on any atom is 0.0645 e. The fourth-order valence-corrected chi connectivity index (χ4v) is 4.10. The zero-order chi connectivity index (χ0) is 14.6. The topological polar surface area (TPSA) is 41.7 Å². The van der Waals surface area contributed by atoms with Gasteiger partial charge in [0.2, 0.25) is 0 Å². The van der Waals surface area contributed by atoms with Crippen LogP contribution in [0.3, 0.4) is 0 Å². The molecule has 0 aromatic rings. The first-order valence-electron chi connectivity index (χ1n) is 8.32. The summed E-state index contributed by atoms with van der Waals surface area (Å²) in [6, 6.07) is 0. The summed E-state index contributed by atoms with van der Waals surface area (Å²) in [6.45, 7) is 14.0. The molecule has 4 heteroatoms. The van der Waals surface area contributed by atoms with Gasteiger partial charge in [-0.3, -0.25) is 4.90 Å². The molecule has 0 spiro atoms. The molecule has 2 fully saturated rings. The van der Waals surface area contributed by atoms with Crippen molar-refractivity contribution in [2.75, 3.05) is 45.9 Å². The SMILES string of the molecule is CCCN1CCCC(CN)(N2CCOCC2(C)C)CC1. The molecule has 0 aromatic heterocycles. The van der Waals surface area contributed by atoms with Gasteiger partial charge in [0.1, 0.15) is 0 Å². The summed E-state index contributed by atoms with van der Waals surface area (Å²) < 4.78 is 5.69. The monoisotopic (exact) mass is 283 g/mol. The number of hydrogen-bond donors (Lipinski definition) is 1. The number of ether oxygens (including phenoxy) is 1. The second-order valence-corrected chi connectivity index (χ2v) is 7.14. The van der Waals surface area contributed by atoms with Crippen LogP contribution in [-0.4, -0.2) is 66.8 Å². The third kappa shape index (κ3) is 3.35. The Morgan fingerprint density at radius 1 is 1.15 bits per heavy atom. The van der Waals surface area contributed by atoms with E-state index in [-0.39, 0.29) is 11.1 Å². The Morgan fingerprint density at radius 2 is 1.95 bits per heavy atom. The molecular formula is C16H33N3O. The zero-order valence-electron chi connectivity index (χ0n) is 13.7. The number of nitrogens with zero attached hydrogens (tertiary/aromatic N) is 2. The van der Waals surface area contributed by atoms with Gasteiger partial charge in [-0.05, 0) is 59.2 Å². The predicted molar refractivity (Wildman–Crippen MR) is 84.0 cm³/mol. The quantitative estimate of drug-likeness (QED) is 0.852. The van der Waals surface area contributed by atoms with E-state index in [2.05, 4.69) is 30.6 Å². The van der Waals surface area contributed by atoms with Crippen molar-refractivity contribution >= 4 is 0 Å². The molecule has 2 saturated heterocycles.